The Balaban J connectivity index is 2.54. The van der Waals surface area contributed by atoms with Gasteiger partial charge in [0.25, 0.3) is 0 Å². The fourth-order valence-electron chi connectivity index (χ4n) is 2.01. The molecule has 18 heavy (non-hydrogen) atoms. The molecule has 0 aromatic heterocycles. The maximum atomic E-state index is 11.3. The molecule has 0 bridgehead atoms. The number of carbonyl (C=O) groups is 1. The predicted octanol–water partition coefficient (Wildman–Crippen LogP) is 4.30. The van der Waals surface area contributed by atoms with Crippen LogP contribution in [0.2, 0.25) is 0 Å². The summed E-state index contributed by atoms with van der Waals surface area (Å²) < 4.78 is 5.30. The number of rotatable bonds is 8. The maximum absolute atomic E-state index is 11.3. The van der Waals surface area contributed by atoms with Crippen molar-refractivity contribution in [3.8, 4) is 0 Å². The van der Waals surface area contributed by atoms with E-state index in [1.165, 1.54) is 24.8 Å². The summed E-state index contributed by atoms with van der Waals surface area (Å²) in [4.78, 5) is 11.3. The molecule has 0 fully saturated rings. The summed E-state index contributed by atoms with van der Waals surface area (Å²) >= 11 is 0. The first-order chi connectivity index (χ1) is 8.77. The summed E-state index contributed by atoms with van der Waals surface area (Å²) in [6, 6.07) is 10.4. The molecule has 0 unspecified atom stereocenters. The molecular formula is C16H24O2. The van der Waals surface area contributed by atoms with Crippen LogP contribution in [0.25, 0.3) is 0 Å². The summed E-state index contributed by atoms with van der Waals surface area (Å²) in [6.07, 6.45) is 5.20. The van der Waals surface area contributed by atoms with Gasteiger partial charge in [-0.2, -0.15) is 0 Å². The first-order valence-corrected chi connectivity index (χ1v) is 6.98. The highest BCUT2D eigenvalue weighted by atomic mass is 16.5. The molecule has 0 aliphatic carbocycles. The Morgan fingerprint density at radius 1 is 1.17 bits per heavy atom. The minimum Gasteiger partial charge on any atom is -0.465 e. The molecule has 1 rings (SSSR count). The van der Waals surface area contributed by atoms with Crippen LogP contribution in [-0.4, -0.2) is 12.6 Å². The Labute approximate surface area is 110 Å². The lowest BCUT2D eigenvalue weighted by molar-refractivity contribution is -0.143. The minimum atomic E-state index is -0.105. The summed E-state index contributed by atoms with van der Waals surface area (Å²) in [5, 5.41) is 0. The van der Waals surface area contributed by atoms with E-state index in [0.29, 0.717) is 18.9 Å². The topological polar surface area (TPSA) is 26.3 Å². The van der Waals surface area contributed by atoms with Gasteiger partial charge in [0.1, 0.15) is 0 Å². The van der Waals surface area contributed by atoms with E-state index in [-0.39, 0.29) is 5.97 Å². The van der Waals surface area contributed by atoms with Crippen molar-refractivity contribution in [1.82, 2.24) is 0 Å². The van der Waals surface area contributed by atoms with Gasteiger partial charge in [-0.05, 0) is 12.0 Å². The van der Waals surface area contributed by atoms with Crippen LogP contribution in [0, 0.1) is 0 Å². The van der Waals surface area contributed by atoms with E-state index >= 15 is 0 Å². The van der Waals surface area contributed by atoms with E-state index in [9.17, 15) is 4.79 Å². The highest BCUT2D eigenvalue weighted by molar-refractivity contribution is 5.68. The number of benzene rings is 1. The molecule has 0 radical (unpaired) electrons. The SMILES string of the molecule is CCCCC[C@H](COC(=O)CC)c1ccccc1. The highest BCUT2D eigenvalue weighted by Gasteiger charge is 2.13. The quantitative estimate of drug-likeness (QED) is 0.506. The molecule has 1 atom stereocenters. The monoisotopic (exact) mass is 248 g/mol. The first-order valence-electron chi connectivity index (χ1n) is 6.98. The lowest BCUT2D eigenvalue weighted by atomic mass is 9.94. The van der Waals surface area contributed by atoms with Gasteiger partial charge in [-0.1, -0.05) is 63.4 Å². The second-order valence-electron chi connectivity index (χ2n) is 4.64. The van der Waals surface area contributed by atoms with Crippen LogP contribution in [-0.2, 0) is 9.53 Å². The standard InChI is InChI=1S/C16H24O2/c1-3-5-7-12-15(13-18-16(17)4-2)14-10-8-6-9-11-14/h6,8-11,15H,3-5,7,12-13H2,1-2H3/t15-/m1/s1. The summed E-state index contributed by atoms with van der Waals surface area (Å²) in [5.41, 5.74) is 1.28. The molecule has 0 aliphatic heterocycles. The van der Waals surface area contributed by atoms with Crippen LogP contribution in [0.4, 0.5) is 0 Å². The number of ether oxygens (including phenoxy) is 1. The van der Waals surface area contributed by atoms with Gasteiger partial charge in [0.05, 0.1) is 6.61 Å². The summed E-state index contributed by atoms with van der Waals surface area (Å²) in [7, 11) is 0. The Hall–Kier alpha value is -1.31. The van der Waals surface area contributed by atoms with Crippen LogP contribution in [0.1, 0.15) is 57.4 Å². The molecule has 1 aromatic rings. The molecule has 0 heterocycles. The molecule has 0 saturated carbocycles. The lowest BCUT2D eigenvalue weighted by Crippen LogP contribution is -2.12. The van der Waals surface area contributed by atoms with Gasteiger partial charge >= 0.3 is 5.97 Å². The van der Waals surface area contributed by atoms with E-state index < -0.39 is 0 Å². The third-order valence-corrected chi connectivity index (χ3v) is 3.16. The molecule has 0 saturated heterocycles. The number of unbranched alkanes of at least 4 members (excludes halogenated alkanes) is 2. The summed E-state index contributed by atoms with van der Waals surface area (Å²) in [6.45, 7) is 4.55. The third-order valence-electron chi connectivity index (χ3n) is 3.16. The number of hydrogen-bond acceptors (Lipinski definition) is 2. The summed E-state index contributed by atoms with van der Waals surface area (Å²) in [5.74, 6) is 0.236. The lowest BCUT2D eigenvalue weighted by Gasteiger charge is -2.17. The number of esters is 1. The molecule has 0 aliphatic rings. The zero-order chi connectivity index (χ0) is 13.2. The van der Waals surface area contributed by atoms with Gasteiger partial charge in [0.2, 0.25) is 0 Å². The molecule has 0 N–H and O–H groups in total. The average Bonchev–Trinajstić information content (AvgIpc) is 2.43. The van der Waals surface area contributed by atoms with Crippen molar-refractivity contribution < 1.29 is 9.53 Å². The molecule has 2 heteroatoms. The predicted molar refractivity (Wildman–Crippen MR) is 74.6 cm³/mol. The van der Waals surface area contributed by atoms with Crippen molar-refractivity contribution in [1.29, 1.82) is 0 Å². The van der Waals surface area contributed by atoms with Crippen molar-refractivity contribution in [2.75, 3.05) is 6.61 Å². The van der Waals surface area contributed by atoms with Crippen molar-refractivity contribution in [3.05, 3.63) is 35.9 Å². The van der Waals surface area contributed by atoms with Crippen LogP contribution in [0.5, 0.6) is 0 Å². The normalized spacial score (nSPS) is 12.1. The molecule has 0 amide bonds. The first kappa shape index (κ1) is 14.7. The Kier molecular flexibility index (Phi) is 7.16. The van der Waals surface area contributed by atoms with Crippen LogP contribution >= 0.6 is 0 Å². The fraction of sp³-hybridized carbons (Fsp3) is 0.562. The second-order valence-corrected chi connectivity index (χ2v) is 4.64. The van der Waals surface area contributed by atoms with Gasteiger partial charge in [0.15, 0.2) is 0 Å². The van der Waals surface area contributed by atoms with Crippen molar-refractivity contribution in [2.24, 2.45) is 0 Å². The third kappa shape index (κ3) is 5.35. The van der Waals surface area contributed by atoms with Gasteiger partial charge in [-0.15, -0.1) is 0 Å². The molecule has 0 spiro atoms. The largest absolute Gasteiger partial charge is 0.465 e. The Morgan fingerprint density at radius 3 is 2.50 bits per heavy atom. The van der Waals surface area contributed by atoms with Crippen LogP contribution in [0.15, 0.2) is 30.3 Å². The van der Waals surface area contributed by atoms with E-state index in [0.717, 1.165) is 6.42 Å². The van der Waals surface area contributed by atoms with E-state index in [4.69, 9.17) is 4.74 Å². The molecule has 1 aromatic carbocycles. The van der Waals surface area contributed by atoms with Crippen LogP contribution in [0.3, 0.4) is 0 Å². The molecule has 100 valence electrons. The highest BCUT2D eigenvalue weighted by Crippen LogP contribution is 2.23. The smallest absolute Gasteiger partial charge is 0.305 e. The second kappa shape index (κ2) is 8.73. The maximum Gasteiger partial charge on any atom is 0.305 e. The average molecular weight is 248 g/mol. The van der Waals surface area contributed by atoms with Gasteiger partial charge < -0.3 is 4.74 Å². The molecular weight excluding hydrogens is 224 g/mol. The van der Waals surface area contributed by atoms with Gasteiger partial charge in [-0.3, -0.25) is 4.79 Å². The zero-order valence-corrected chi connectivity index (χ0v) is 11.5. The van der Waals surface area contributed by atoms with Crippen LogP contribution < -0.4 is 0 Å². The van der Waals surface area contributed by atoms with E-state index in [1.807, 2.05) is 25.1 Å². The Bertz CT molecular complexity index is 332. The van der Waals surface area contributed by atoms with Crippen molar-refractivity contribution >= 4 is 5.97 Å². The Morgan fingerprint density at radius 2 is 1.89 bits per heavy atom. The number of hydrogen-bond donors (Lipinski definition) is 0. The van der Waals surface area contributed by atoms with E-state index in [2.05, 4.69) is 19.1 Å². The van der Waals surface area contributed by atoms with Gasteiger partial charge in [0, 0.05) is 12.3 Å². The zero-order valence-electron chi connectivity index (χ0n) is 11.5. The van der Waals surface area contributed by atoms with Gasteiger partial charge in [-0.25, -0.2) is 0 Å². The van der Waals surface area contributed by atoms with E-state index in [1.54, 1.807) is 0 Å². The van der Waals surface area contributed by atoms with Crippen molar-refractivity contribution in [3.63, 3.8) is 0 Å². The number of carbonyl (C=O) groups excluding carboxylic acids is 1. The minimum absolute atomic E-state index is 0.105. The fourth-order valence-corrected chi connectivity index (χ4v) is 2.01. The molecule has 2 nitrogen and oxygen atoms in total. The van der Waals surface area contributed by atoms with Crippen molar-refractivity contribution in [2.45, 2.75) is 51.9 Å².